The van der Waals surface area contributed by atoms with Gasteiger partial charge in [0, 0.05) is 6.04 Å². The van der Waals surface area contributed by atoms with E-state index in [1.54, 1.807) is 0 Å². The smallest absolute Gasteiger partial charge is 0.243 e. The molecule has 1 amide bonds. The minimum absolute atomic E-state index is 0.0381. The van der Waals surface area contributed by atoms with Gasteiger partial charge in [-0.2, -0.15) is 0 Å². The fraction of sp³-hybridized carbons (Fsp3) is 0.300. The van der Waals surface area contributed by atoms with E-state index in [0.29, 0.717) is 0 Å². The maximum atomic E-state index is 11.4. The number of benzene rings is 1. The Morgan fingerprint density at radius 1 is 1.31 bits per heavy atom. The molecule has 2 aliphatic rings. The van der Waals surface area contributed by atoms with Crippen molar-refractivity contribution < 1.29 is 4.79 Å². The van der Waals surface area contributed by atoms with Gasteiger partial charge in [-0.05, 0) is 17.5 Å². The van der Waals surface area contributed by atoms with Crippen molar-refractivity contribution >= 4 is 5.91 Å². The van der Waals surface area contributed by atoms with Gasteiger partial charge in [0.1, 0.15) is 0 Å². The van der Waals surface area contributed by atoms with Gasteiger partial charge in [0.05, 0.1) is 5.92 Å². The lowest BCUT2D eigenvalue weighted by Crippen LogP contribution is -2.32. The molecule has 0 spiro atoms. The van der Waals surface area contributed by atoms with Crippen LogP contribution in [0.25, 0.3) is 0 Å². The lowest BCUT2D eigenvalue weighted by atomic mass is 10.00. The molecule has 2 N–H and O–H groups in total. The van der Waals surface area contributed by atoms with Crippen molar-refractivity contribution in [1.82, 2.24) is 10.9 Å². The van der Waals surface area contributed by atoms with E-state index in [1.807, 2.05) is 18.2 Å². The zero-order valence-electron chi connectivity index (χ0n) is 7.08. The fourth-order valence-electron chi connectivity index (χ4n) is 2.29. The van der Waals surface area contributed by atoms with Gasteiger partial charge in [0.25, 0.3) is 0 Å². The number of nitrogens with one attached hydrogen (secondary N) is 2. The summed E-state index contributed by atoms with van der Waals surface area (Å²) < 4.78 is 0. The second kappa shape index (κ2) is 2.33. The molecule has 66 valence electrons. The zero-order valence-corrected chi connectivity index (χ0v) is 7.08. The van der Waals surface area contributed by atoms with Crippen LogP contribution in [0.1, 0.15) is 17.0 Å². The largest absolute Gasteiger partial charge is 0.291 e. The topological polar surface area (TPSA) is 41.1 Å². The summed E-state index contributed by atoms with van der Waals surface area (Å²) in [6.07, 6.45) is 0.958. The molecule has 13 heavy (non-hydrogen) atoms. The molecule has 0 radical (unpaired) electrons. The van der Waals surface area contributed by atoms with Crippen LogP contribution in [0, 0.1) is 0 Å². The predicted octanol–water partition coefficient (Wildman–Crippen LogP) is 0.329. The molecular formula is C10H10N2O. The molecule has 0 bridgehead atoms. The second-order valence-electron chi connectivity index (χ2n) is 3.62. The van der Waals surface area contributed by atoms with Gasteiger partial charge in [-0.25, -0.2) is 5.43 Å². The molecule has 2 unspecified atom stereocenters. The lowest BCUT2D eigenvalue weighted by molar-refractivity contribution is -0.120. The maximum Gasteiger partial charge on any atom is 0.243 e. The Labute approximate surface area is 76.1 Å². The Hall–Kier alpha value is -1.35. The van der Waals surface area contributed by atoms with Crippen molar-refractivity contribution in [2.75, 3.05) is 0 Å². The fourth-order valence-corrected chi connectivity index (χ4v) is 2.29. The minimum atomic E-state index is 0.0381. The van der Waals surface area contributed by atoms with Crippen molar-refractivity contribution in [2.24, 2.45) is 0 Å². The standard InChI is InChI=1S/C10H10N2O/c13-10-9-7-4-2-1-3-6(7)5-8(9)11-12-10/h1-4,8-9,11H,5H2,(H,12,13). The van der Waals surface area contributed by atoms with Crippen molar-refractivity contribution in [3.63, 3.8) is 0 Å². The average Bonchev–Trinajstić information content (AvgIpc) is 2.66. The van der Waals surface area contributed by atoms with Gasteiger partial charge in [-0.3, -0.25) is 10.2 Å². The Balaban J connectivity index is 2.13. The zero-order chi connectivity index (χ0) is 8.84. The molecule has 1 aromatic carbocycles. The number of hydrazine groups is 1. The van der Waals surface area contributed by atoms with Crippen LogP contribution < -0.4 is 10.9 Å². The first-order valence-electron chi connectivity index (χ1n) is 4.49. The summed E-state index contributed by atoms with van der Waals surface area (Å²) in [5.74, 6) is 0.145. The number of rotatable bonds is 0. The normalized spacial score (nSPS) is 29.7. The van der Waals surface area contributed by atoms with Crippen LogP contribution in [0.4, 0.5) is 0 Å². The van der Waals surface area contributed by atoms with Crippen LogP contribution in [-0.4, -0.2) is 11.9 Å². The van der Waals surface area contributed by atoms with E-state index < -0.39 is 0 Å². The predicted molar refractivity (Wildman–Crippen MR) is 48.0 cm³/mol. The van der Waals surface area contributed by atoms with Crippen molar-refractivity contribution in [3.05, 3.63) is 35.4 Å². The number of fused-ring (bicyclic) bond motifs is 3. The molecule has 1 fully saturated rings. The number of hydrogen-bond donors (Lipinski definition) is 2. The monoisotopic (exact) mass is 174 g/mol. The Morgan fingerprint density at radius 3 is 3.08 bits per heavy atom. The summed E-state index contributed by atoms with van der Waals surface area (Å²) in [5, 5.41) is 0. The van der Waals surface area contributed by atoms with E-state index in [2.05, 4.69) is 16.9 Å². The van der Waals surface area contributed by atoms with Crippen LogP contribution in [0.3, 0.4) is 0 Å². The molecule has 1 heterocycles. The summed E-state index contributed by atoms with van der Waals surface area (Å²) >= 11 is 0. The SMILES string of the molecule is O=C1NNC2Cc3ccccc3C12. The highest BCUT2D eigenvalue weighted by molar-refractivity contribution is 5.87. The van der Waals surface area contributed by atoms with E-state index in [4.69, 9.17) is 0 Å². The molecular weight excluding hydrogens is 164 g/mol. The second-order valence-corrected chi connectivity index (χ2v) is 3.62. The highest BCUT2D eigenvalue weighted by Gasteiger charge is 2.41. The first kappa shape index (κ1) is 7.09. The van der Waals surface area contributed by atoms with Gasteiger partial charge >= 0.3 is 0 Å². The maximum absolute atomic E-state index is 11.4. The lowest BCUT2D eigenvalue weighted by Gasteiger charge is -2.03. The average molecular weight is 174 g/mol. The number of carbonyl (C=O) groups is 1. The molecule has 1 aliphatic heterocycles. The van der Waals surface area contributed by atoms with E-state index in [9.17, 15) is 4.79 Å². The van der Waals surface area contributed by atoms with Gasteiger partial charge in [-0.15, -0.1) is 0 Å². The molecule has 0 aromatic heterocycles. The summed E-state index contributed by atoms with van der Waals surface area (Å²) in [6.45, 7) is 0. The van der Waals surface area contributed by atoms with Crippen LogP contribution >= 0.6 is 0 Å². The van der Waals surface area contributed by atoms with Crippen LogP contribution in [0.2, 0.25) is 0 Å². The number of carbonyl (C=O) groups excluding carboxylic acids is 1. The van der Waals surface area contributed by atoms with E-state index in [-0.39, 0.29) is 17.9 Å². The minimum Gasteiger partial charge on any atom is -0.291 e. The molecule has 1 saturated heterocycles. The van der Waals surface area contributed by atoms with Gasteiger partial charge in [-0.1, -0.05) is 24.3 Å². The van der Waals surface area contributed by atoms with Gasteiger partial charge < -0.3 is 0 Å². The summed E-state index contributed by atoms with van der Waals surface area (Å²) in [4.78, 5) is 11.4. The molecule has 3 rings (SSSR count). The molecule has 1 aliphatic carbocycles. The Bertz CT molecular complexity index is 375. The van der Waals surface area contributed by atoms with Crippen molar-refractivity contribution in [2.45, 2.75) is 18.4 Å². The van der Waals surface area contributed by atoms with Crippen molar-refractivity contribution in [1.29, 1.82) is 0 Å². The molecule has 1 aromatic rings. The highest BCUT2D eigenvalue weighted by atomic mass is 16.2. The van der Waals surface area contributed by atoms with Crippen LogP contribution in [0.5, 0.6) is 0 Å². The van der Waals surface area contributed by atoms with Crippen molar-refractivity contribution in [3.8, 4) is 0 Å². The number of amides is 1. The number of hydrogen-bond acceptors (Lipinski definition) is 2. The van der Waals surface area contributed by atoms with E-state index >= 15 is 0 Å². The quantitative estimate of drug-likeness (QED) is 0.595. The Kier molecular flexibility index (Phi) is 1.27. The third-order valence-corrected chi connectivity index (χ3v) is 2.90. The summed E-state index contributed by atoms with van der Waals surface area (Å²) in [5.41, 5.74) is 8.18. The summed E-state index contributed by atoms with van der Waals surface area (Å²) in [7, 11) is 0. The third-order valence-electron chi connectivity index (χ3n) is 2.90. The third kappa shape index (κ3) is 0.848. The Morgan fingerprint density at radius 2 is 2.15 bits per heavy atom. The molecule has 0 saturated carbocycles. The highest BCUT2D eigenvalue weighted by Crippen LogP contribution is 2.35. The van der Waals surface area contributed by atoms with E-state index in [1.165, 1.54) is 11.1 Å². The van der Waals surface area contributed by atoms with Gasteiger partial charge in [0.15, 0.2) is 0 Å². The van der Waals surface area contributed by atoms with Gasteiger partial charge in [0.2, 0.25) is 5.91 Å². The molecule has 2 atom stereocenters. The first-order valence-corrected chi connectivity index (χ1v) is 4.49. The van der Waals surface area contributed by atoms with Crippen LogP contribution in [-0.2, 0) is 11.2 Å². The van der Waals surface area contributed by atoms with Crippen LogP contribution in [0.15, 0.2) is 24.3 Å². The summed E-state index contributed by atoms with van der Waals surface area (Å²) in [6, 6.07) is 8.43. The first-order chi connectivity index (χ1) is 6.36. The molecule has 3 nitrogen and oxygen atoms in total. The molecule has 3 heteroatoms. The van der Waals surface area contributed by atoms with E-state index in [0.717, 1.165) is 6.42 Å².